The van der Waals surface area contributed by atoms with Gasteiger partial charge in [-0.15, -0.1) is 0 Å². The molecule has 1 aliphatic heterocycles. The molecule has 1 atom stereocenters. The molecule has 0 bridgehead atoms. The number of fused-ring (bicyclic) bond motifs is 2. The van der Waals surface area contributed by atoms with Gasteiger partial charge in [0.1, 0.15) is 0 Å². The van der Waals surface area contributed by atoms with Crippen molar-refractivity contribution in [3.63, 3.8) is 0 Å². The second kappa shape index (κ2) is 9.17. The third-order valence-corrected chi connectivity index (χ3v) is 7.15. The number of hydrogen-bond donors (Lipinski definition) is 2. The lowest BCUT2D eigenvalue weighted by Gasteiger charge is -2.14. The van der Waals surface area contributed by atoms with Gasteiger partial charge in [0, 0.05) is 38.5 Å². The molecule has 0 unspecified atom stereocenters. The molecule has 1 aliphatic rings. The zero-order chi connectivity index (χ0) is 25.6. The van der Waals surface area contributed by atoms with E-state index in [0.717, 1.165) is 29.0 Å². The Morgan fingerprint density at radius 2 is 1.94 bits per heavy atom. The van der Waals surface area contributed by atoms with Crippen molar-refractivity contribution in [2.45, 2.75) is 31.5 Å². The van der Waals surface area contributed by atoms with Gasteiger partial charge < -0.3 is 19.9 Å². The number of nitrogens with one attached hydrogen (secondary N) is 1. The first kappa shape index (κ1) is 24.2. The molecule has 2 N–H and O–H groups in total. The number of imidazole rings is 1. The number of aliphatic hydroxyl groups is 1. The van der Waals surface area contributed by atoms with Gasteiger partial charge in [-0.2, -0.15) is 13.2 Å². The van der Waals surface area contributed by atoms with Crippen LogP contribution in [0.3, 0.4) is 0 Å². The molecule has 0 spiro atoms. The highest BCUT2D eigenvalue weighted by Gasteiger charge is 2.31. The number of anilines is 2. The van der Waals surface area contributed by atoms with Crippen LogP contribution in [0, 0.1) is 0 Å². The second-order valence-electron chi connectivity index (χ2n) is 8.73. The van der Waals surface area contributed by atoms with E-state index < -0.39 is 17.8 Å². The van der Waals surface area contributed by atoms with Gasteiger partial charge in [0.25, 0.3) is 0 Å². The Labute approximate surface area is 207 Å². The number of rotatable bonds is 6. The fraction of sp³-hybridized carbons (Fsp3) is 0.333. The van der Waals surface area contributed by atoms with E-state index in [4.69, 9.17) is 0 Å². The lowest BCUT2D eigenvalue weighted by Crippen LogP contribution is -2.29. The SMILES string of the molecule is Cn1c(Nc2nc3ccc(C(F)(F)F)cc3s2)nc2cc(C(=O)CCC(=O)N3CC[C@H](O)C3)ccc21. The number of alkyl halides is 3. The molecule has 1 saturated heterocycles. The van der Waals surface area contributed by atoms with Crippen LogP contribution in [0.1, 0.15) is 35.2 Å². The van der Waals surface area contributed by atoms with E-state index in [9.17, 15) is 27.9 Å². The van der Waals surface area contributed by atoms with Crippen LogP contribution in [0.2, 0.25) is 0 Å². The number of aryl methyl sites for hydroxylation is 1. The molecular weight excluding hydrogens is 495 g/mol. The number of likely N-dealkylation sites (tertiary alicyclic amines) is 1. The number of Topliss-reactive ketones (excluding diaryl/α,β-unsaturated/α-hetero) is 1. The van der Waals surface area contributed by atoms with Crippen molar-refractivity contribution in [3.05, 3.63) is 47.5 Å². The molecule has 8 nitrogen and oxygen atoms in total. The van der Waals surface area contributed by atoms with Crippen LogP contribution in [-0.4, -0.2) is 55.4 Å². The van der Waals surface area contributed by atoms with Crippen LogP contribution in [0.4, 0.5) is 24.3 Å². The summed E-state index contributed by atoms with van der Waals surface area (Å²) in [5, 5.41) is 13.0. The molecule has 0 aliphatic carbocycles. The summed E-state index contributed by atoms with van der Waals surface area (Å²) in [6, 6.07) is 8.50. The van der Waals surface area contributed by atoms with Crippen molar-refractivity contribution in [2.75, 3.05) is 18.4 Å². The number of amides is 1. The molecular formula is C24H22F3N5O3S. The molecule has 1 fully saturated rings. The maximum atomic E-state index is 13.0. The van der Waals surface area contributed by atoms with Crippen LogP contribution in [0.5, 0.6) is 0 Å². The monoisotopic (exact) mass is 517 g/mol. The second-order valence-corrected chi connectivity index (χ2v) is 9.76. The van der Waals surface area contributed by atoms with Gasteiger partial charge >= 0.3 is 6.18 Å². The summed E-state index contributed by atoms with van der Waals surface area (Å²) >= 11 is 1.09. The van der Waals surface area contributed by atoms with Gasteiger partial charge in [-0.1, -0.05) is 11.3 Å². The van der Waals surface area contributed by atoms with E-state index in [1.807, 2.05) is 0 Å². The highest BCUT2D eigenvalue weighted by atomic mass is 32.1. The molecule has 188 valence electrons. The lowest BCUT2D eigenvalue weighted by molar-refractivity contribution is -0.137. The normalized spacial score (nSPS) is 16.2. The first-order valence-electron chi connectivity index (χ1n) is 11.3. The lowest BCUT2D eigenvalue weighted by atomic mass is 10.1. The Hall–Kier alpha value is -3.51. The quantitative estimate of drug-likeness (QED) is 0.366. The van der Waals surface area contributed by atoms with E-state index in [-0.39, 0.29) is 24.5 Å². The zero-order valence-electron chi connectivity index (χ0n) is 19.2. The molecule has 12 heteroatoms. The number of thiazole rings is 1. The highest BCUT2D eigenvalue weighted by molar-refractivity contribution is 7.22. The molecule has 36 heavy (non-hydrogen) atoms. The van der Waals surface area contributed by atoms with Crippen molar-refractivity contribution in [1.82, 2.24) is 19.4 Å². The topological polar surface area (TPSA) is 100 Å². The predicted molar refractivity (Wildman–Crippen MR) is 129 cm³/mol. The Morgan fingerprint density at radius 1 is 1.14 bits per heavy atom. The minimum atomic E-state index is -4.43. The summed E-state index contributed by atoms with van der Waals surface area (Å²) in [7, 11) is 1.78. The Kier molecular flexibility index (Phi) is 6.17. The molecule has 0 radical (unpaired) electrons. The summed E-state index contributed by atoms with van der Waals surface area (Å²) in [5.41, 5.74) is 1.45. The van der Waals surface area contributed by atoms with E-state index >= 15 is 0 Å². The number of nitrogens with zero attached hydrogens (tertiary/aromatic N) is 4. The number of ketones is 1. The van der Waals surface area contributed by atoms with E-state index in [1.54, 1.807) is 34.7 Å². The number of benzene rings is 2. The van der Waals surface area contributed by atoms with Crippen molar-refractivity contribution >= 4 is 55.4 Å². The van der Waals surface area contributed by atoms with Crippen molar-refractivity contribution in [3.8, 4) is 0 Å². The minimum absolute atomic E-state index is 0.0560. The van der Waals surface area contributed by atoms with E-state index in [1.165, 1.54) is 6.07 Å². The molecule has 5 rings (SSSR count). The minimum Gasteiger partial charge on any atom is -0.391 e. The average molecular weight is 518 g/mol. The van der Waals surface area contributed by atoms with Crippen LogP contribution in [-0.2, 0) is 18.0 Å². The Balaban J connectivity index is 1.31. The van der Waals surface area contributed by atoms with Crippen molar-refractivity contribution in [2.24, 2.45) is 7.05 Å². The first-order chi connectivity index (χ1) is 17.1. The van der Waals surface area contributed by atoms with E-state index in [2.05, 4.69) is 15.3 Å². The Morgan fingerprint density at radius 3 is 2.67 bits per heavy atom. The summed E-state index contributed by atoms with van der Waals surface area (Å²) in [5.74, 6) is 0.0905. The van der Waals surface area contributed by atoms with Gasteiger partial charge in [-0.05, 0) is 42.8 Å². The predicted octanol–water partition coefficient (Wildman–Crippen LogP) is 4.50. The molecule has 2 aromatic carbocycles. The zero-order valence-corrected chi connectivity index (χ0v) is 20.0. The fourth-order valence-electron chi connectivity index (χ4n) is 4.23. The molecule has 0 saturated carbocycles. The number of aliphatic hydroxyl groups excluding tert-OH is 1. The largest absolute Gasteiger partial charge is 0.416 e. The molecule has 4 aromatic rings. The van der Waals surface area contributed by atoms with Crippen molar-refractivity contribution in [1.29, 1.82) is 0 Å². The first-order valence-corrected chi connectivity index (χ1v) is 12.1. The van der Waals surface area contributed by atoms with Gasteiger partial charge in [0.05, 0.1) is 32.9 Å². The molecule has 1 amide bonds. The average Bonchev–Trinajstić information content (AvgIpc) is 3.53. The standard InChI is InChI=1S/C24H22F3N5O3S/c1-31-18-5-2-13(19(34)6-7-21(35)32-9-8-15(33)12-32)10-17(18)28-22(31)30-23-29-16-4-3-14(24(25,26)27)11-20(16)36-23/h2-5,10-11,15,33H,6-9,12H2,1H3,(H,28,29,30)/t15-/m0/s1. The summed E-state index contributed by atoms with van der Waals surface area (Å²) in [4.78, 5) is 35.4. The summed E-state index contributed by atoms with van der Waals surface area (Å²) in [6.45, 7) is 0.808. The van der Waals surface area contributed by atoms with Crippen LogP contribution in [0.15, 0.2) is 36.4 Å². The number of halogens is 3. The van der Waals surface area contributed by atoms with Crippen LogP contribution < -0.4 is 5.32 Å². The number of hydrogen-bond acceptors (Lipinski definition) is 7. The molecule has 3 heterocycles. The number of carbonyl (C=O) groups is 2. The fourth-order valence-corrected chi connectivity index (χ4v) is 5.13. The van der Waals surface area contributed by atoms with Crippen LogP contribution >= 0.6 is 11.3 Å². The number of β-amino-alcohol motifs (C(OH)–C–C–N with tert-alkyl or cyclic N) is 1. The molecule has 2 aromatic heterocycles. The third kappa shape index (κ3) is 4.78. The number of aromatic nitrogens is 3. The summed E-state index contributed by atoms with van der Waals surface area (Å²) < 4.78 is 41.2. The maximum absolute atomic E-state index is 13.0. The highest BCUT2D eigenvalue weighted by Crippen LogP contribution is 2.35. The van der Waals surface area contributed by atoms with E-state index in [0.29, 0.717) is 51.9 Å². The smallest absolute Gasteiger partial charge is 0.391 e. The van der Waals surface area contributed by atoms with Crippen LogP contribution in [0.25, 0.3) is 21.3 Å². The van der Waals surface area contributed by atoms with Gasteiger partial charge in [0.15, 0.2) is 10.9 Å². The van der Waals surface area contributed by atoms with Gasteiger partial charge in [0.2, 0.25) is 11.9 Å². The third-order valence-electron chi connectivity index (χ3n) is 6.22. The maximum Gasteiger partial charge on any atom is 0.416 e. The number of carbonyl (C=O) groups excluding carboxylic acids is 2. The van der Waals surface area contributed by atoms with Crippen molar-refractivity contribution < 1.29 is 27.9 Å². The van der Waals surface area contributed by atoms with Gasteiger partial charge in [-0.25, -0.2) is 9.97 Å². The summed E-state index contributed by atoms with van der Waals surface area (Å²) in [6.07, 6.45) is -4.24. The Bertz CT molecular complexity index is 1480. The van der Waals surface area contributed by atoms with Gasteiger partial charge in [-0.3, -0.25) is 9.59 Å².